The zero-order chi connectivity index (χ0) is 20.4. The third kappa shape index (κ3) is 7.14. The minimum atomic E-state index is -2.89. The van der Waals surface area contributed by atoms with Crippen LogP contribution in [0.3, 0.4) is 0 Å². The van der Waals surface area contributed by atoms with Crippen LogP contribution >= 0.6 is 0 Å². The maximum atomic E-state index is 12.7. The largest absolute Gasteiger partial charge is 0.497 e. The Balaban J connectivity index is 1.80. The third-order valence-electron chi connectivity index (χ3n) is 5.02. The lowest BCUT2D eigenvalue weighted by atomic mass is 10.0. The summed E-state index contributed by atoms with van der Waals surface area (Å²) in [7, 11) is 3.17. The lowest BCUT2D eigenvalue weighted by molar-refractivity contribution is -0.0505. The van der Waals surface area contributed by atoms with E-state index >= 15 is 0 Å². The standard InChI is InChI=1S/C20H32F2N4O2/c1-15-7-4-5-11-26(15)12-6-10-24-20(23-2)25-14-16-8-9-17(27-3)13-18(16)28-19(21)22/h8-9,13,15,19H,4-7,10-12,14H2,1-3H3,(H2,23,24,25). The molecule has 28 heavy (non-hydrogen) atoms. The molecule has 1 aromatic rings. The summed E-state index contributed by atoms with van der Waals surface area (Å²) in [6.45, 7) is 2.76. The van der Waals surface area contributed by atoms with Crippen molar-refractivity contribution in [2.75, 3.05) is 33.8 Å². The van der Waals surface area contributed by atoms with Crippen molar-refractivity contribution < 1.29 is 18.3 Å². The maximum Gasteiger partial charge on any atom is 0.387 e. The minimum absolute atomic E-state index is 0.0939. The van der Waals surface area contributed by atoms with Gasteiger partial charge in [0.2, 0.25) is 0 Å². The van der Waals surface area contributed by atoms with Crippen LogP contribution in [0.5, 0.6) is 11.5 Å². The van der Waals surface area contributed by atoms with Crippen LogP contribution in [-0.2, 0) is 6.54 Å². The van der Waals surface area contributed by atoms with E-state index in [1.54, 1.807) is 19.2 Å². The number of nitrogens with zero attached hydrogens (tertiary/aromatic N) is 2. The zero-order valence-electron chi connectivity index (χ0n) is 17.0. The van der Waals surface area contributed by atoms with Gasteiger partial charge in [-0.1, -0.05) is 6.42 Å². The molecule has 8 heteroatoms. The molecule has 2 N–H and O–H groups in total. The number of ether oxygens (including phenoxy) is 2. The van der Waals surface area contributed by atoms with Crippen molar-refractivity contribution in [1.82, 2.24) is 15.5 Å². The summed E-state index contributed by atoms with van der Waals surface area (Å²) >= 11 is 0. The average molecular weight is 398 g/mol. The highest BCUT2D eigenvalue weighted by Crippen LogP contribution is 2.26. The molecule has 0 amide bonds. The van der Waals surface area contributed by atoms with Gasteiger partial charge in [-0.3, -0.25) is 4.99 Å². The van der Waals surface area contributed by atoms with Gasteiger partial charge in [-0.15, -0.1) is 0 Å². The number of methoxy groups -OCH3 is 1. The monoisotopic (exact) mass is 398 g/mol. The Kier molecular flexibility index (Phi) is 9.27. The van der Waals surface area contributed by atoms with Gasteiger partial charge in [0, 0.05) is 44.4 Å². The van der Waals surface area contributed by atoms with E-state index < -0.39 is 6.61 Å². The van der Waals surface area contributed by atoms with Crippen molar-refractivity contribution in [1.29, 1.82) is 0 Å². The molecule has 1 heterocycles. The molecule has 0 bridgehead atoms. The molecule has 0 spiro atoms. The van der Waals surface area contributed by atoms with Crippen LogP contribution in [0.25, 0.3) is 0 Å². The van der Waals surface area contributed by atoms with Gasteiger partial charge in [0.05, 0.1) is 7.11 Å². The van der Waals surface area contributed by atoms with Crippen molar-refractivity contribution in [3.63, 3.8) is 0 Å². The first-order valence-electron chi connectivity index (χ1n) is 9.83. The fraction of sp³-hybridized carbons (Fsp3) is 0.650. The lowest BCUT2D eigenvalue weighted by Gasteiger charge is -2.33. The van der Waals surface area contributed by atoms with E-state index in [2.05, 4.69) is 32.2 Å². The Morgan fingerprint density at radius 2 is 2.14 bits per heavy atom. The van der Waals surface area contributed by atoms with Crippen molar-refractivity contribution in [3.05, 3.63) is 23.8 Å². The number of hydrogen-bond donors (Lipinski definition) is 2. The molecular formula is C20H32F2N4O2. The number of guanidine groups is 1. The Morgan fingerprint density at radius 3 is 2.82 bits per heavy atom. The highest BCUT2D eigenvalue weighted by atomic mass is 19.3. The molecule has 0 aromatic heterocycles. The fourth-order valence-corrected chi connectivity index (χ4v) is 3.39. The number of benzene rings is 1. The van der Waals surface area contributed by atoms with Gasteiger partial charge >= 0.3 is 6.61 Å². The SMILES string of the molecule is CN=C(NCCCN1CCCCC1C)NCc1ccc(OC)cc1OC(F)F. The molecule has 1 atom stereocenters. The van der Waals surface area contributed by atoms with Gasteiger partial charge in [0.15, 0.2) is 5.96 Å². The second-order valence-corrected chi connectivity index (χ2v) is 6.94. The van der Waals surface area contributed by atoms with E-state index in [0.29, 0.717) is 29.9 Å². The Labute approximate surface area is 166 Å². The molecule has 0 aliphatic carbocycles. The molecule has 2 rings (SSSR count). The van der Waals surface area contributed by atoms with Crippen LogP contribution in [0.2, 0.25) is 0 Å². The van der Waals surface area contributed by atoms with Gasteiger partial charge in [-0.2, -0.15) is 8.78 Å². The summed E-state index contributed by atoms with van der Waals surface area (Å²) in [5.41, 5.74) is 0.603. The summed E-state index contributed by atoms with van der Waals surface area (Å²) in [6, 6.07) is 5.54. The van der Waals surface area contributed by atoms with Crippen LogP contribution in [0.15, 0.2) is 23.2 Å². The molecule has 1 unspecified atom stereocenters. The van der Waals surface area contributed by atoms with Gasteiger partial charge in [0.1, 0.15) is 11.5 Å². The summed E-state index contributed by atoms with van der Waals surface area (Å²) in [5.74, 6) is 1.19. The van der Waals surface area contributed by atoms with E-state index in [9.17, 15) is 8.78 Å². The number of halogens is 2. The smallest absolute Gasteiger partial charge is 0.387 e. The van der Waals surface area contributed by atoms with Crippen molar-refractivity contribution in [2.45, 2.75) is 51.8 Å². The summed E-state index contributed by atoms with van der Waals surface area (Å²) in [4.78, 5) is 6.73. The minimum Gasteiger partial charge on any atom is -0.497 e. The molecular weight excluding hydrogens is 366 g/mol. The molecule has 0 radical (unpaired) electrons. The predicted molar refractivity (Wildman–Crippen MR) is 107 cm³/mol. The van der Waals surface area contributed by atoms with Crippen LogP contribution < -0.4 is 20.1 Å². The van der Waals surface area contributed by atoms with Crippen molar-refractivity contribution >= 4 is 5.96 Å². The van der Waals surface area contributed by atoms with Gasteiger partial charge in [0.25, 0.3) is 0 Å². The third-order valence-corrected chi connectivity index (χ3v) is 5.02. The van der Waals surface area contributed by atoms with Gasteiger partial charge in [-0.25, -0.2) is 0 Å². The van der Waals surface area contributed by atoms with Crippen LogP contribution in [-0.4, -0.2) is 57.3 Å². The zero-order valence-corrected chi connectivity index (χ0v) is 17.0. The molecule has 1 aromatic carbocycles. The summed E-state index contributed by atoms with van der Waals surface area (Å²) in [6.07, 6.45) is 4.91. The molecule has 158 valence electrons. The molecule has 1 saturated heterocycles. The second kappa shape index (κ2) is 11.7. The first kappa shape index (κ1) is 22.2. The van der Waals surface area contributed by atoms with E-state index in [-0.39, 0.29) is 5.75 Å². The predicted octanol–water partition coefficient (Wildman–Crippen LogP) is 3.23. The lowest BCUT2D eigenvalue weighted by Crippen LogP contribution is -2.41. The summed E-state index contributed by atoms with van der Waals surface area (Å²) in [5, 5.41) is 6.42. The van der Waals surface area contributed by atoms with Gasteiger partial charge in [-0.05, 0) is 44.9 Å². The highest BCUT2D eigenvalue weighted by Gasteiger charge is 2.17. The highest BCUT2D eigenvalue weighted by molar-refractivity contribution is 5.79. The van der Waals surface area contributed by atoms with E-state index in [1.807, 2.05) is 0 Å². The van der Waals surface area contributed by atoms with E-state index in [1.165, 1.54) is 39.0 Å². The van der Waals surface area contributed by atoms with Crippen LogP contribution in [0.1, 0.15) is 38.2 Å². The number of alkyl halides is 2. The quantitative estimate of drug-likeness (QED) is 0.380. The number of rotatable bonds is 9. The summed E-state index contributed by atoms with van der Waals surface area (Å²) < 4.78 is 35.0. The van der Waals surface area contributed by atoms with Gasteiger partial charge < -0.3 is 25.0 Å². The normalized spacial score (nSPS) is 18.2. The molecule has 0 saturated carbocycles. The number of nitrogens with one attached hydrogen (secondary N) is 2. The Bertz CT molecular complexity index is 628. The number of aliphatic imine (C=N–C) groups is 1. The number of piperidine rings is 1. The number of likely N-dealkylation sites (tertiary alicyclic amines) is 1. The maximum absolute atomic E-state index is 12.7. The Morgan fingerprint density at radius 1 is 1.32 bits per heavy atom. The second-order valence-electron chi connectivity index (χ2n) is 6.94. The molecule has 1 aliphatic heterocycles. The topological polar surface area (TPSA) is 58.1 Å². The van der Waals surface area contributed by atoms with Crippen molar-refractivity contribution in [2.24, 2.45) is 4.99 Å². The molecule has 1 fully saturated rings. The average Bonchev–Trinajstić information content (AvgIpc) is 2.69. The molecule has 6 nitrogen and oxygen atoms in total. The van der Waals surface area contributed by atoms with Crippen molar-refractivity contribution in [3.8, 4) is 11.5 Å². The first-order valence-corrected chi connectivity index (χ1v) is 9.83. The Hall–Kier alpha value is -2.09. The fourth-order valence-electron chi connectivity index (χ4n) is 3.39. The van der Waals surface area contributed by atoms with Crippen LogP contribution in [0.4, 0.5) is 8.78 Å². The number of hydrogen-bond acceptors (Lipinski definition) is 4. The van der Waals surface area contributed by atoms with Crippen LogP contribution in [0, 0.1) is 0 Å². The first-order chi connectivity index (χ1) is 13.5. The molecule has 1 aliphatic rings. The van der Waals surface area contributed by atoms with E-state index in [0.717, 1.165) is 19.5 Å². The van der Waals surface area contributed by atoms with E-state index in [4.69, 9.17) is 4.74 Å².